The summed E-state index contributed by atoms with van der Waals surface area (Å²) in [6.07, 6.45) is 2.54. The van der Waals surface area contributed by atoms with Crippen molar-refractivity contribution >= 4 is 5.97 Å². The van der Waals surface area contributed by atoms with E-state index < -0.39 is 5.97 Å². The molecule has 13 heavy (non-hydrogen) atoms. The van der Waals surface area contributed by atoms with Crippen LogP contribution in [0.25, 0.3) is 0 Å². The highest BCUT2D eigenvalue weighted by Crippen LogP contribution is 1.97. The summed E-state index contributed by atoms with van der Waals surface area (Å²) in [5.74, 6) is -0.533. The summed E-state index contributed by atoms with van der Waals surface area (Å²) < 4.78 is 5.05. The molecule has 70 valence electrons. The van der Waals surface area contributed by atoms with Crippen LogP contribution in [-0.2, 0) is 11.3 Å². The first-order valence-corrected chi connectivity index (χ1v) is 3.86. The van der Waals surface area contributed by atoms with Gasteiger partial charge in [-0.15, -0.1) is 0 Å². The summed E-state index contributed by atoms with van der Waals surface area (Å²) in [5.41, 5.74) is 0.0836. The smallest absolute Gasteiger partial charge is 0.338 e. The van der Waals surface area contributed by atoms with Crippen molar-refractivity contribution < 1.29 is 14.6 Å². The summed E-state index contributed by atoms with van der Waals surface area (Å²) in [5, 5.41) is 8.54. The van der Waals surface area contributed by atoms with E-state index in [0.29, 0.717) is 19.0 Å². The number of carboxylic acids is 1. The van der Waals surface area contributed by atoms with Gasteiger partial charge in [0.2, 0.25) is 0 Å². The van der Waals surface area contributed by atoms with Crippen molar-refractivity contribution in [1.82, 2.24) is 9.97 Å². The molecular formula is C8H10N2O3. The van der Waals surface area contributed by atoms with E-state index in [1.54, 1.807) is 0 Å². The number of aromatic carboxylic acids is 1. The number of nitrogens with zero attached hydrogens (tertiary/aromatic N) is 2. The van der Waals surface area contributed by atoms with Gasteiger partial charge in [0.15, 0.2) is 5.82 Å². The van der Waals surface area contributed by atoms with Crippen molar-refractivity contribution in [2.75, 3.05) is 6.61 Å². The Hall–Kier alpha value is -1.49. The van der Waals surface area contributed by atoms with E-state index in [1.807, 2.05) is 6.92 Å². The molecule has 0 unspecified atom stereocenters. The van der Waals surface area contributed by atoms with Gasteiger partial charge < -0.3 is 9.84 Å². The zero-order chi connectivity index (χ0) is 9.68. The quantitative estimate of drug-likeness (QED) is 0.742. The first kappa shape index (κ1) is 9.60. The second-order valence-corrected chi connectivity index (χ2v) is 2.33. The molecule has 0 atom stereocenters. The monoisotopic (exact) mass is 182 g/mol. The molecule has 0 aliphatic carbocycles. The molecule has 0 aliphatic rings. The molecule has 0 aromatic carbocycles. The molecular weight excluding hydrogens is 172 g/mol. The SMILES string of the molecule is CCOCc1ncc(C(=O)O)cn1. The van der Waals surface area contributed by atoms with Crippen LogP contribution in [0.5, 0.6) is 0 Å². The number of ether oxygens (including phenoxy) is 1. The number of carboxylic acid groups (broad SMARTS) is 1. The van der Waals surface area contributed by atoms with Gasteiger partial charge in [-0.2, -0.15) is 0 Å². The number of rotatable bonds is 4. The summed E-state index contributed by atoms with van der Waals surface area (Å²) in [4.78, 5) is 18.1. The van der Waals surface area contributed by atoms with Crippen molar-refractivity contribution in [3.63, 3.8) is 0 Å². The Labute approximate surface area is 75.4 Å². The molecule has 0 fully saturated rings. The van der Waals surface area contributed by atoms with Gasteiger partial charge in [-0.05, 0) is 6.92 Å². The minimum atomic E-state index is -1.03. The Balaban J connectivity index is 2.64. The Morgan fingerprint density at radius 3 is 2.62 bits per heavy atom. The Kier molecular flexibility index (Phi) is 3.33. The lowest BCUT2D eigenvalue weighted by molar-refractivity contribution is 0.0695. The fraction of sp³-hybridized carbons (Fsp3) is 0.375. The van der Waals surface area contributed by atoms with E-state index in [-0.39, 0.29) is 5.56 Å². The molecule has 0 bridgehead atoms. The van der Waals surface area contributed by atoms with E-state index in [4.69, 9.17) is 9.84 Å². The largest absolute Gasteiger partial charge is 0.478 e. The number of aromatic nitrogens is 2. The van der Waals surface area contributed by atoms with Crippen LogP contribution in [0, 0.1) is 0 Å². The minimum absolute atomic E-state index is 0.0836. The lowest BCUT2D eigenvalue weighted by atomic mass is 10.3. The van der Waals surface area contributed by atoms with Crippen LogP contribution in [0.3, 0.4) is 0 Å². The van der Waals surface area contributed by atoms with Gasteiger partial charge in [0, 0.05) is 19.0 Å². The van der Waals surface area contributed by atoms with Crippen molar-refractivity contribution in [2.24, 2.45) is 0 Å². The molecule has 0 aliphatic heterocycles. The topological polar surface area (TPSA) is 72.3 Å². The predicted molar refractivity (Wildman–Crippen MR) is 44.3 cm³/mol. The number of hydrogen-bond acceptors (Lipinski definition) is 4. The third-order valence-electron chi connectivity index (χ3n) is 1.39. The first-order valence-electron chi connectivity index (χ1n) is 3.86. The summed E-state index contributed by atoms with van der Waals surface area (Å²) >= 11 is 0. The predicted octanol–water partition coefficient (Wildman–Crippen LogP) is 0.711. The van der Waals surface area contributed by atoms with Crippen LogP contribution in [0.4, 0.5) is 0 Å². The zero-order valence-electron chi connectivity index (χ0n) is 7.23. The molecule has 1 rings (SSSR count). The van der Waals surface area contributed by atoms with Crippen LogP contribution in [-0.4, -0.2) is 27.7 Å². The molecule has 5 heteroatoms. The summed E-state index contributed by atoms with van der Waals surface area (Å²) in [6, 6.07) is 0. The Morgan fingerprint density at radius 2 is 2.15 bits per heavy atom. The molecule has 0 amide bonds. The fourth-order valence-electron chi connectivity index (χ4n) is 0.733. The molecule has 1 N–H and O–H groups in total. The number of carbonyl (C=O) groups is 1. The second-order valence-electron chi connectivity index (χ2n) is 2.33. The zero-order valence-corrected chi connectivity index (χ0v) is 7.23. The van der Waals surface area contributed by atoms with Crippen LogP contribution in [0.2, 0.25) is 0 Å². The van der Waals surface area contributed by atoms with Gasteiger partial charge in [0.25, 0.3) is 0 Å². The van der Waals surface area contributed by atoms with Crippen molar-refractivity contribution in [2.45, 2.75) is 13.5 Å². The maximum absolute atomic E-state index is 10.4. The van der Waals surface area contributed by atoms with Crippen LogP contribution >= 0.6 is 0 Å². The molecule has 0 spiro atoms. The highest BCUT2D eigenvalue weighted by Gasteiger charge is 2.03. The lowest BCUT2D eigenvalue weighted by Gasteiger charge is -1.99. The van der Waals surface area contributed by atoms with E-state index in [2.05, 4.69) is 9.97 Å². The molecule has 5 nitrogen and oxygen atoms in total. The van der Waals surface area contributed by atoms with Gasteiger partial charge in [0.1, 0.15) is 6.61 Å². The normalized spacial score (nSPS) is 9.92. The highest BCUT2D eigenvalue weighted by atomic mass is 16.5. The highest BCUT2D eigenvalue weighted by molar-refractivity contribution is 5.86. The molecule has 0 saturated carbocycles. The van der Waals surface area contributed by atoms with Gasteiger partial charge in [-0.3, -0.25) is 0 Å². The lowest BCUT2D eigenvalue weighted by Crippen LogP contribution is -2.03. The van der Waals surface area contributed by atoms with Crippen LogP contribution in [0.1, 0.15) is 23.1 Å². The molecule has 0 radical (unpaired) electrons. The van der Waals surface area contributed by atoms with Gasteiger partial charge in [0.05, 0.1) is 5.56 Å². The van der Waals surface area contributed by atoms with Gasteiger partial charge in [-0.25, -0.2) is 14.8 Å². The third kappa shape index (κ3) is 2.79. The summed E-state index contributed by atoms with van der Waals surface area (Å²) in [6.45, 7) is 2.77. The number of hydrogen-bond donors (Lipinski definition) is 1. The van der Waals surface area contributed by atoms with Crippen LogP contribution in [0.15, 0.2) is 12.4 Å². The average Bonchev–Trinajstić information content (AvgIpc) is 2.15. The third-order valence-corrected chi connectivity index (χ3v) is 1.39. The van der Waals surface area contributed by atoms with Crippen LogP contribution < -0.4 is 0 Å². The molecule has 1 aromatic heterocycles. The fourth-order valence-corrected chi connectivity index (χ4v) is 0.733. The minimum Gasteiger partial charge on any atom is -0.478 e. The average molecular weight is 182 g/mol. The Bertz CT molecular complexity index is 284. The maximum atomic E-state index is 10.4. The molecule has 1 heterocycles. The summed E-state index contributed by atoms with van der Waals surface area (Å²) in [7, 11) is 0. The Morgan fingerprint density at radius 1 is 1.54 bits per heavy atom. The van der Waals surface area contributed by atoms with E-state index >= 15 is 0 Å². The van der Waals surface area contributed by atoms with Crippen molar-refractivity contribution in [1.29, 1.82) is 0 Å². The van der Waals surface area contributed by atoms with Gasteiger partial charge >= 0.3 is 5.97 Å². The van der Waals surface area contributed by atoms with E-state index in [1.165, 1.54) is 12.4 Å². The van der Waals surface area contributed by atoms with Gasteiger partial charge in [-0.1, -0.05) is 0 Å². The second kappa shape index (κ2) is 4.51. The van der Waals surface area contributed by atoms with Crippen molar-refractivity contribution in [3.8, 4) is 0 Å². The van der Waals surface area contributed by atoms with E-state index in [0.717, 1.165) is 0 Å². The maximum Gasteiger partial charge on any atom is 0.338 e. The standard InChI is InChI=1S/C8H10N2O3/c1-2-13-5-7-9-3-6(4-10-7)8(11)12/h3-4H,2,5H2,1H3,(H,11,12). The van der Waals surface area contributed by atoms with Crippen molar-refractivity contribution in [3.05, 3.63) is 23.8 Å². The van der Waals surface area contributed by atoms with E-state index in [9.17, 15) is 4.79 Å². The molecule has 0 saturated heterocycles. The first-order chi connectivity index (χ1) is 6.24. The molecule has 1 aromatic rings.